The number of nitrogens with two attached hydrogens (primary N) is 1. The average Bonchev–Trinajstić information content (AvgIpc) is 2.25. The Hall–Kier alpha value is -1.11. The fraction of sp³-hybridized carbons (Fsp3) is 0.455. The third-order valence-corrected chi connectivity index (χ3v) is 3.59. The second-order valence-corrected chi connectivity index (χ2v) is 5.95. The van der Waals surface area contributed by atoms with E-state index in [-0.39, 0.29) is 24.8 Å². The van der Waals surface area contributed by atoms with Gasteiger partial charge in [-0.15, -0.1) is 0 Å². The predicted molar refractivity (Wildman–Crippen MR) is 67.7 cm³/mol. The lowest BCUT2D eigenvalue weighted by Gasteiger charge is -2.10. The molecule has 0 saturated heterocycles. The summed E-state index contributed by atoms with van der Waals surface area (Å²) in [4.78, 5) is 0. The molecule has 1 atom stereocenters. The molecule has 1 aromatic carbocycles. The van der Waals surface area contributed by atoms with E-state index in [9.17, 15) is 8.42 Å². The summed E-state index contributed by atoms with van der Waals surface area (Å²) in [6.07, 6.45) is 0. The van der Waals surface area contributed by atoms with E-state index in [0.717, 1.165) is 0 Å². The van der Waals surface area contributed by atoms with Gasteiger partial charge >= 0.3 is 0 Å². The van der Waals surface area contributed by atoms with Crippen molar-refractivity contribution in [3.05, 3.63) is 29.8 Å². The number of aliphatic hydroxyl groups is 1. The van der Waals surface area contributed by atoms with Crippen LogP contribution in [0, 0.1) is 5.92 Å². The molecule has 0 heterocycles. The molecule has 17 heavy (non-hydrogen) atoms. The van der Waals surface area contributed by atoms with Crippen molar-refractivity contribution < 1.29 is 13.5 Å². The van der Waals surface area contributed by atoms with Gasteiger partial charge in [-0.2, -0.15) is 0 Å². The Balaban J connectivity index is 2.61. The Morgan fingerprint density at radius 2 is 2.18 bits per heavy atom. The van der Waals surface area contributed by atoms with Gasteiger partial charge in [0.15, 0.2) is 0 Å². The molecule has 0 aromatic heterocycles. The highest BCUT2D eigenvalue weighted by atomic mass is 32.2. The van der Waals surface area contributed by atoms with Gasteiger partial charge in [0.25, 0.3) is 0 Å². The fourth-order valence-corrected chi connectivity index (χ4v) is 2.55. The number of benzene rings is 1. The SMILES string of the molecule is CC(CO)CNS(=O)(=O)Cc1cccc(N)c1. The molecule has 0 bridgehead atoms. The van der Waals surface area contributed by atoms with Crippen LogP contribution >= 0.6 is 0 Å². The van der Waals surface area contributed by atoms with E-state index in [1.807, 2.05) is 0 Å². The van der Waals surface area contributed by atoms with Crippen LogP contribution in [0.3, 0.4) is 0 Å². The molecule has 6 heteroatoms. The van der Waals surface area contributed by atoms with Crippen LogP contribution in [0.25, 0.3) is 0 Å². The number of sulfonamides is 1. The van der Waals surface area contributed by atoms with E-state index in [1.165, 1.54) is 0 Å². The summed E-state index contributed by atoms with van der Waals surface area (Å²) < 4.78 is 25.8. The largest absolute Gasteiger partial charge is 0.399 e. The standard InChI is InChI=1S/C11H18N2O3S/c1-9(7-14)6-13-17(15,16)8-10-3-2-4-11(12)5-10/h2-5,9,13-14H,6-8,12H2,1H3. The first-order valence-corrected chi connectivity index (χ1v) is 7.01. The predicted octanol–water partition coefficient (Wildman–Crippen LogP) is 0.317. The van der Waals surface area contributed by atoms with Crippen LogP contribution in [0.15, 0.2) is 24.3 Å². The zero-order valence-corrected chi connectivity index (χ0v) is 10.6. The molecule has 0 amide bonds. The molecule has 0 fully saturated rings. The number of hydrogen-bond donors (Lipinski definition) is 3. The number of anilines is 1. The lowest BCUT2D eigenvalue weighted by molar-refractivity contribution is 0.238. The molecule has 5 nitrogen and oxygen atoms in total. The van der Waals surface area contributed by atoms with E-state index in [4.69, 9.17) is 10.8 Å². The van der Waals surface area contributed by atoms with Crippen molar-refractivity contribution in [1.82, 2.24) is 4.72 Å². The Bertz CT molecular complexity index is 460. The van der Waals surface area contributed by atoms with Crippen molar-refractivity contribution in [2.24, 2.45) is 5.92 Å². The molecule has 0 aliphatic heterocycles. The maximum Gasteiger partial charge on any atom is 0.215 e. The molecule has 0 aliphatic carbocycles. The highest BCUT2D eigenvalue weighted by Gasteiger charge is 2.12. The Morgan fingerprint density at radius 3 is 2.76 bits per heavy atom. The third kappa shape index (κ3) is 5.16. The third-order valence-electron chi connectivity index (χ3n) is 2.27. The van der Waals surface area contributed by atoms with Crippen molar-refractivity contribution in [3.63, 3.8) is 0 Å². The van der Waals surface area contributed by atoms with E-state index in [1.54, 1.807) is 31.2 Å². The van der Waals surface area contributed by atoms with E-state index in [2.05, 4.69) is 4.72 Å². The van der Waals surface area contributed by atoms with Crippen LogP contribution in [-0.2, 0) is 15.8 Å². The summed E-state index contributed by atoms with van der Waals surface area (Å²) in [6, 6.07) is 6.77. The van der Waals surface area contributed by atoms with Gasteiger partial charge in [0.05, 0.1) is 5.75 Å². The molecule has 1 unspecified atom stereocenters. The maximum absolute atomic E-state index is 11.7. The molecule has 1 rings (SSSR count). The van der Waals surface area contributed by atoms with Gasteiger partial charge in [-0.25, -0.2) is 13.1 Å². The van der Waals surface area contributed by atoms with Gasteiger partial charge in [-0.1, -0.05) is 19.1 Å². The van der Waals surface area contributed by atoms with Crippen molar-refractivity contribution >= 4 is 15.7 Å². The number of nitrogen functional groups attached to an aromatic ring is 1. The van der Waals surface area contributed by atoms with Crippen molar-refractivity contribution in [2.45, 2.75) is 12.7 Å². The van der Waals surface area contributed by atoms with Crippen molar-refractivity contribution in [1.29, 1.82) is 0 Å². The topological polar surface area (TPSA) is 92.4 Å². The highest BCUT2D eigenvalue weighted by molar-refractivity contribution is 7.88. The van der Waals surface area contributed by atoms with Crippen LogP contribution in [0.2, 0.25) is 0 Å². The lowest BCUT2D eigenvalue weighted by Crippen LogP contribution is -2.30. The first-order valence-electron chi connectivity index (χ1n) is 5.35. The number of aliphatic hydroxyl groups excluding tert-OH is 1. The number of rotatable bonds is 6. The molecule has 96 valence electrons. The van der Waals surface area contributed by atoms with Gasteiger partial charge < -0.3 is 10.8 Å². The first kappa shape index (κ1) is 14.0. The summed E-state index contributed by atoms with van der Waals surface area (Å²) >= 11 is 0. The van der Waals surface area contributed by atoms with Crippen molar-refractivity contribution in [3.8, 4) is 0 Å². The molecule has 0 radical (unpaired) electrons. The monoisotopic (exact) mass is 258 g/mol. The van der Waals surface area contributed by atoms with Crippen LogP contribution in [-0.4, -0.2) is 26.7 Å². The summed E-state index contributed by atoms with van der Waals surface area (Å²) in [5.41, 5.74) is 6.76. The Kier molecular flexibility index (Phi) is 4.92. The minimum absolute atomic E-state index is 0.0409. The van der Waals surface area contributed by atoms with Crippen LogP contribution < -0.4 is 10.5 Å². The summed E-state index contributed by atoms with van der Waals surface area (Å²) in [5.74, 6) is -0.193. The Morgan fingerprint density at radius 1 is 1.47 bits per heavy atom. The molecule has 1 aromatic rings. The van der Waals surface area contributed by atoms with Gasteiger partial charge in [-0.05, 0) is 23.6 Å². The van der Waals surface area contributed by atoms with Gasteiger partial charge in [0.1, 0.15) is 0 Å². The fourth-order valence-electron chi connectivity index (χ4n) is 1.29. The van der Waals surface area contributed by atoms with Gasteiger partial charge in [0, 0.05) is 18.8 Å². The maximum atomic E-state index is 11.7. The zero-order valence-electron chi connectivity index (χ0n) is 9.76. The van der Waals surface area contributed by atoms with Crippen molar-refractivity contribution in [2.75, 3.05) is 18.9 Å². The molecule has 4 N–H and O–H groups in total. The minimum Gasteiger partial charge on any atom is -0.399 e. The number of nitrogens with one attached hydrogen (secondary N) is 1. The van der Waals surface area contributed by atoms with Gasteiger partial charge in [0.2, 0.25) is 10.0 Å². The summed E-state index contributed by atoms with van der Waals surface area (Å²) in [6.45, 7) is 1.96. The second-order valence-electron chi connectivity index (χ2n) is 4.14. The van der Waals surface area contributed by atoms with Gasteiger partial charge in [-0.3, -0.25) is 0 Å². The highest BCUT2D eigenvalue weighted by Crippen LogP contribution is 2.09. The molecule has 0 aliphatic rings. The number of hydrogen-bond acceptors (Lipinski definition) is 4. The molecular weight excluding hydrogens is 240 g/mol. The second kappa shape index (κ2) is 6.00. The smallest absolute Gasteiger partial charge is 0.215 e. The van der Waals surface area contributed by atoms with Crippen LogP contribution in [0.4, 0.5) is 5.69 Å². The molecular formula is C11H18N2O3S. The molecule has 0 saturated carbocycles. The first-order chi connectivity index (χ1) is 7.93. The summed E-state index contributed by atoms with van der Waals surface area (Å²) in [7, 11) is -3.37. The normalized spacial score (nSPS) is 13.5. The van der Waals surface area contributed by atoms with E-state index >= 15 is 0 Å². The minimum atomic E-state index is -3.37. The van der Waals surface area contributed by atoms with E-state index < -0.39 is 10.0 Å². The molecule has 0 spiro atoms. The quantitative estimate of drug-likeness (QED) is 0.641. The Labute approximate surface area is 102 Å². The van der Waals surface area contributed by atoms with E-state index in [0.29, 0.717) is 11.3 Å². The van der Waals surface area contributed by atoms with Crippen LogP contribution in [0.5, 0.6) is 0 Å². The average molecular weight is 258 g/mol. The lowest BCUT2D eigenvalue weighted by atomic mass is 10.2. The zero-order chi connectivity index (χ0) is 12.9. The van der Waals surface area contributed by atoms with Crippen LogP contribution in [0.1, 0.15) is 12.5 Å². The summed E-state index contributed by atoms with van der Waals surface area (Å²) in [5, 5.41) is 8.81.